The fourth-order valence-corrected chi connectivity index (χ4v) is 2.48. The van der Waals surface area contributed by atoms with Gasteiger partial charge in [0.05, 0.1) is 0 Å². The van der Waals surface area contributed by atoms with E-state index in [2.05, 4.69) is 22.5 Å². The first-order chi connectivity index (χ1) is 10.2. The number of carbonyl (C=O) groups excluding carboxylic acids is 2. The molecule has 6 nitrogen and oxygen atoms in total. The number of anilines is 1. The van der Waals surface area contributed by atoms with Crippen molar-refractivity contribution in [1.29, 1.82) is 0 Å². The van der Waals surface area contributed by atoms with Crippen LogP contribution in [0.1, 0.15) is 19.3 Å². The van der Waals surface area contributed by atoms with E-state index in [0.717, 1.165) is 26.2 Å². The minimum absolute atomic E-state index is 0.118. The zero-order valence-electron chi connectivity index (χ0n) is 12.1. The van der Waals surface area contributed by atoms with Crippen molar-refractivity contribution in [3.63, 3.8) is 0 Å². The molecule has 1 saturated heterocycles. The Bertz CT molecular complexity index is 470. The number of nitrogens with one attached hydrogen (secondary N) is 1. The highest BCUT2D eigenvalue weighted by atomic mass is 16.2. The van der Waals surface area contributed by atoms with Crippen LogP contribution in [0.2, 0.25) is 0 Å². The molecule has 0 aromatic heterocycles. The molecule has 1 aromatic carbocycles. The summed E-state index contributed by atoms with van der Waals surface area (Å²) < 4.78 is 0. The molecule has 0 atom stereocenters. The maximum atomic E-state index is 12.1. The molecule has 2 amide bonds. The van der Waals surface area contributed by atoms with Crippen LogP contribution in [0.15, 0.2) is 30.3 Å². The molecule has 1 aliphatic rings. The molecule has 21 heavy (non-hydrogen) atoms. The van der Waals surface area contributed by atoms with Crippen LogP contribution in [0, 0.1) is 0 Å². The molecule has 0 unspecified atom stereocenters. The predicted octanol–water partition coefficient (Wildman–Crippen LogP) is 0.495. The predicted molar refractivity (Wildman–Crippen MR) is 81.4 cm³/mol. The van der Waals surface area contributed by atoms with E-state index in [0.29, 0.717) is 19.3 Å². The fourth-order valence-electron chi connectivity index (χ4n) is 2.48. The number of carbonyl (C=O) groups is 2. The van der Waals surface area contributed by atoms with Gasteiger partial charge in [-0.2, -0.15) is 0 Å². The summed E-state index contributed by atoms with van der Waals surface area (Å²) in [6, 6.07) is 10.2. The summed E-state index contributed by atoms with van der Waals surface area (Å²) in [6.45, 7) is 3.16. The molecule has 6 heteroatoms. The lowest BCUT2D eigenvalue weighted by atomic mass is 10.2. The van der Waals surface area contributed by atoms with Crippen molar-refractivity contribution >= 4 is 17.5 Å². The first-order valence-corrected chi connectivity index (χ1v) is 7.28. The van der Waals surface area contributed by atoms with Gasteiger partial charge in [-0.15, -0.1) is 0 Å². The van der Waals surface area contributed by atoms with Gasteiger partial charge in [-0.05, 0) is 18.6 Å². The van der Waals surface area contributed by atoms with Gasteiger partial charge in [0, 0.05) is 44.7 Å². The van der Waals surface area contributed by atoms with Crippen molar-refractivity contribution in [1.82, 2.24) is 10.3 Å². The smallest absolute Gasteiger partial charge is 0.233 e. The molecule has 1 aliphatic heterocycles. The molecule has 3 N–H and O–H groups in total. The van der Waals surface area contributed by atoms with Crippen LogP contribution < -0.4 is 16.2 Å². The second kappa shape index (κ2) is 7.64. The Kier molecular flexibility index (Phi) is 5.57. The standard InChI is InChI=1S/C15H22N4O2/c16-17-14(20)7-4-8-15(21)19-11-9-18(10-12-19)13-5-2-1-3-6-13/h1-3,5-6H,4,7-12,16H2,(H,17,20). The van der Waals surface area contributed by atoms with Crippen LogP contribution in [-0.4, -0.2) is 42.9 Å². The van der Waals surface area contributed by atoms with Gasteiger partial charge in [-0.25, -0.2) is 5.84 Å². The zero-order chi connectivity index (χ0) is 15.1. The van der Waals surface area contributed by atoms with Crippen molar-refractivity contribution in [3.05, 3.63) is 30.3 Å². The first-order valence-electron chi connectivity index (χ1n) is 7.28. The third-order valence-electron chi connectivity index (χ3n) is 3.71. The number of hydrazine groups is 1. The second-order valence-corrected chi connectivity index (χ2v) is 5.12. The van der Waals surface area contributed by atoms with Gasteiger partial charge in [0.25, 0.3) is 0 Å². The zero-order valence-corrected chi connectivity index (χ0v) is 12.1. The van der Waals surface area contributed by atoms with E-state index in [1.165, 1.54) is 5.69 Å². The topological polar surface area (TPSA) is 78.7 Å². The van der Waals surface area contributed by atoms with Crippen molar-refractivity contribution in [2.24, 2.45) is 5.84 Å². The SMILES string of the molecule is NNC(=O)CCCC(=O)N1CCN(c2ccccc2)CC1. The maximum absolute atomic E-state index is 12.1. The quantitative estimate of drug-likeness (QED) is 0.470. The Labute approximate surface area is 124 Å². The fraction of sp³-hybridized carbons (Fsp3) is 0.467. The number of hydrogen-bond donors (Lipinski definition) is 2. The number of amides is 2. The van der Waals surface area contributed by atoms with Gasteiger partial charge in [-0.3, -0.25) is 15.0 Å². The number of nitrogens with zero attached hydrogens (tertiary/aromatic N) is 2. The van der Waals surface area contributed by atoms with E-state index in [1.54, 1.807) is 0 Å². The molecule has 0 bridgehead atoms. The van der Waals surface area contributed by atoms with Gasteiger partial charge in [0.15, 0.2) is 0 Å². The Balaban J connectivity index is 1.73. The van der Waals surface area contributed by atoms with E-state index in [-0.39, 0.29) is 11.8 Å². The van der Waals surface area contributed by atoms with Gasteiger partial charge < -0.3 is 9.80 Å². The molecule has 1 aromatic rings. The Morgan fingerprint density at radius 3 is 2.33 bits per heavy atom. The van der Waals surface area contributed by atoms with Crippen molar-refractivity contribution in [2.75, 3.05) is 31.1 Å². The summed E-state index contributed by atoms with van der Waals surface area (Å²) in [6.07, 6.45) is 1.24. The van der Waals surface area contributed by atoms with Crippen LogP contribution in [0.3, 0.4) is 0 Å². The largest absolute Gasteiger partial charge is 0.368 e. The van der Waals surface area contributed by atoms with Gasteiger partial charge in [0.1, 0.15) is 0 Å². The molecule has 0 spiro atoms. The lowest BCUT2D eigenvalue weighted by Gasteiger charge is -2.36. The summed E-state index contributed by atoms with van der Waals surface area (Å²) >= 11 is 0. The number of piperazine rings is 1. The van der Waals surface area contributed by atoms with Gasteiger partial charge >= 0.3 is 0 Å². The Morgan fingerprint density at radius 1 is 1.05 bits per heavy atom. The van der Waals surface area contributed by atoms with Crippen molar-refractivity contribution in [2.45, 2.75) is 19.3 Å². The second-order valence-electron chi connectivity index (χ2n) is 5.12. The molecule has 2 rings (SSSR count). The average molecular weight is 290 g/mol. The average Bonchev–Trinajstić information content (AvgIpc) is 2.55. The molecule has 114 valence electrons. The molecule has 1 heterocycles. The minimum Gasteiger partial charge on any atom is -0.368 e. The van der Waals surface area contributed by atoms with Crippen molar-refractivity contribution < 1.29 is 9.59 Å². The summed E-state index contributed by atoms with van der Waals surface area (Å²) in [4.78, 5) is 27.2. The van der Waals surface area contributed by atoms with Crippen LogP contribution in [0.5, 0.6) is 0 Å². The lowest BCUT2D eigenvalue weighted by molar-refractivity contribution is -0.131. The summed E-state index contributed by atoms with van der Waals surface area (Å²) in [5.41, 5.74) is 3.27. The number of rotatable bonds is 5. The lowest BCUT2D eigenvalue weighted by Crippen LogP contribution is -2.48. The van der Waals surface area contributed by atoms with Crippen LogP contribution in [-0.2, 0) is 9.59 Å². The molecule has 1 fully saturated rings. The van der Waals surface area contributed by atoms with E-state index in [4.69, 9.17) is 5.84 Å². The highest BCUT2D eigenvalue weighted by Gasteiger charge is 2.20. The highest BCUT2D eigenvalue weighted by molar-refractivity contribution is 5.78. The molecular formula is C15H22N4O2. The van der Waals surface area contributed by atoms with Crippen LogP contribution in [0.4, 0.5) is 5.69 Å². The highest BCUT2D eigenvalue weighted by Crippen LogP contribution is 2.16. The molecule has 0 aliphatic carbocycles. The van der Waals surface area contributed by atoms with Crippen LogP contribution in [0.25, 0.3) is 0 Å². The third kappa shape index (κ3) is 4.46. The maximum Gasteiger partial charge on any atom is 0.233 e. The molecule has 0 saturated carbocycles. The number of hydrogen-bond acceptors (Lipinski definition) is 4. The van der Waals surface area contributed by atoms with E-state index in [1.807, 2.05) is 23.1 Å². The molecule has 0 radical (unpaired) electrons. The number of para-hydroxylation sites is 1. The monoisotopic (exact) mass is 290 g/mol. The normalized spacial score (nSPS) is 14.9. The van der Waals surface area contributed by atoms with E-state index >= 15 is 0 Å². The summed E-state index contributed by atoms with van der Waals surface area (Å²) in [5, 5.41) is 0. The molecular weight excluding hydrogens is 268 g/mol. The van der Waals surface area contributed by atoms with Gasteiger partial charge in [-0.1, -0.05) is 18.2 Å². The van der Waals surface area contributed by atoms with Crippen molar-refractivity contribution in [3.8, 4) is 0 Å². The van der Waals surface area contributed by atoms with Crippen LogP contribution >= 0.6 is 0 Å². The summed E-state index contributed by atoms with van der Waals surface area (Å²) in [7, 11) is 0. The van der Waals surface area contributed by atoms with E-state index < -0.39 is 0 Å². The Morgan fingerprint density at radius 2 is 1.71 bits per heavy atom. The first kappa shape index (κ1) is 15.3. The number of benzene rings is 1. The van der Waals surface area contributed by atoms with E-state index in [9.17, 15) is 9.59 Å². The summed E-state index contributed by atoms with van der Waals surface area (Å²) in [5.74, 6) is 4.89. The Hall–Kier alpha value is -2.08. The minimum atomic E-state index is -0.225. The van der Waals surface area contributed by atoms with Gasteiger partial charge in [0.2, 0.25) is 11.8 Å². The number of nitrogens with two attached hydrogens (primary N) is 1. The third-order valence-corrected chi connectivity index (χ3v) is 3.71.